The molecule has 1 aliphatic heterocycles. The van der Waals surface area contributed by atoms with Crippen molar-refractivity contribution in [1.82, 2.24) is 9.80 Å². The van der Waals surface area contributed by atoms with Gasteiger partial charge in [0.05, 0.1) is 26.7 Å². The molecule has 1 rings (SSSR count). The fourth-order valence-electron chi connectivity index (χ4n) is 1.67. The van der Waals surface area contributed by atoms with E-state index in [-0.39, 0.29) is 18.4 Å². The van der Waals surface area contributed by atoms with Gasteiger partial charge in [0.25, 0.3) is 0 Å². The molecule has 0 bridgehead atoms. The lowest BCUT2D eigenvalue weighted by molar-refractivity contribution is -0.140. The number of amides is 2. The van der Waals surface area contributed by atoms with Crippen LogP contribution in [-0.4, -0.2) is 68.3 Å². The molecular weight excluding hydrogens is 224 g/mol. The third-order valence-electron chi connectivity index (χ3n) is 2.75. The summed E-state index contributed by atoms with van der Waals surface area (Å²) in [6, 6.07) is -0.0281. The van der Waals surface area contributed by atoms with Crippen LogP contribution in [-0.2, 0) is 14.3 Å². The van der Waals surface area contributed by atoms with Gasteiger partial charge in [0, 0.05) is 26.2 Å². The molecule has 1 aliphatic rings. The first-order chi connectivity index (χ1) is 8.19. The molecule has 0 aromatic carbocycles. The Morgan fingerprint density at radius 2 is 2.00 bits per heavy atom. The molecule has 0 aliphatic carbocycles. The third-order valence-corrected chi connectivity index (χ3v) is 2.75. The number of carbonyl (C=O) groups excluding carboxylic acids is 2. The zero-order valence-electron chi connectivity index (χ0n) is 10.5. The van der Waals surface area contributed by atoms with E-state index in [1.807, 2.05) is 6.92 Å². The number of methoxy groups -OCH3 is 1. The predicted octanol–water partition coefficient (Wildman–Crippen LogP) is 0.324. The maximum absolute atomic E-state index is 12.1. The van der Waals surface area contributed by atoms with Gasteiger partial charge in [-0.05, 0) is 6.92 Å². The molecule has 1 fully saturated rings. The molecule has 0 saturated carbocycles. The first-order valence-corrected chi connectivity index (χ1v) is 5.87. The van der Waals surface area contributed by atoms with Crippen LogP contribution in [0.1, 0.15) is 13.3 Å². The highest BCUT2D eigenvalue weighted by atomic mass is 16.5. The molecule has 1 saturated heterocycles. The number of hydrogen-bond donors (Lipinski definition) is 0. The molecule has 98 valence electrons. The van der Waals surface area contributed by atoms with Crippen molar-refractivity contribution < 1.29 is 19.1 Å². The van der Waals surface area contributed by atoms with Crippen LogP contribution < -0.4 is 0 Å². The van der Waals surface area contributed by atoms with E-state index in [1.54, 1.807) is 9.80 Å². The van der Waals surface area contributed by atoms with Crippen molar-refractivity contribution in [3.63, 3.8) is 0 Å². The van der Waals surface area contributed by atoms with Gasteiger partial charge in [-0.2, -0.15) is 0 Å². The van der Waals surface area contributed by atoms with Gasteiger partial charge in [0.2, 0.25) is 0 Å². The average Bonchev–Trinajstić information content (AvgIpc) is 2.39. The minimum atomic E-state index is -0.293. The first-order valence-electron chi connectivity index (χ1n) is 5.87. The summed E-state index contributed by atoms with van der Waals surface area (Å²) >= 11 is 0. The van der Waals surface area contributed by atoms with E-state index in [4.69, 9.17) is 4.74 Å². The van der Waals surface area contributed by atoms with Gasteiger partial charge in [-0.3, -0.25) is 4.79 Å². The molecule has 2 amide bonds. The Labute approximate surface area is 101 Å². The number of nitrogens with zero attached hydrogens (tertiary/aromatic N) is 2. The molecule has 0 aromatic heterocycles. The van der Waals surface area contributed by atoms with E-state index in [1.165, 1.54) is 7.11 Å². The van der Waals surface area contributed by atoms with Crippen molar-refractivity contribution in [1.29, 1.82) is 0 Å². The molecular formula is C11H20N2O4. The lowest BCUT2D eigenvalue weighted by Crippen LogP contribution is -2.48. The van der Waals surface area contributed by atoms with Crippen molar-refractivity contribution in [2.45, 2.75) is 13.3 Å². The first kappa shape index (κ1) is 13.8. The summed E-state index contributed by atoms with van der Waals surface area (Å²) in [6.07, 6.45) is 0.237. The van der Waals surface area contributed by atoms with Gasteiger partial charge in [-0.25, -0.2) is 4.79 Å². The van der Waals surface area contributed by atoms with Gasteiger partial charge in [0.1, 0.15) is 0 Å². The van der Waals surface area contributed by atoms with Crippen LogP contribution in [0.4, 0.5) is 4.79 Å². The zero-order valence-corrected chi connectivity index (χ0v) is 10.5. The molecule has 17 heavy (non-hydrogen) atoms. The number of morpholine rings is 1. The summed E-state index contributed by atoms with van der Waals surface area (Å²) in [5.41, 5.74) is 0. The highest BCUT2D eigenvalue weighted by Gasteiger charge is 2.22. The predicted molar refractivity (Wildman–Crippen MR) is 61.7 cm³/mol. The largest absolute Gasteiger partial charge is 0.469 e. The summed E-state index contributed by atoms with van der Waals surface area (Å²) in [7, 11) is 1.35. The Morgan fingerprint density at radius 3 is 2.53 bits per heavy atom. The fraction of sp³-hybridized carbons (Fsp3) is 0.818. The SMILES string of the molecule is CCN(CCC(=O)OC)C(=O)N1CCOCC1. The van der Waals surface area contributed by atoms with Crippen molar-refractivity contribution in [2.24, 2.45) is 0 Å². The van der Waals surface area contributed by atoms with Crippen LogP contribution in [0.15, 0.2) is 0 Å². The smallest absolute Gasteiger partial charge is 0.320 e. The standard InChI is InChI=1S/C11H20N2O4/c1-3-12(5-4-10(14)16-2)11(15)13-6-8-17-9-7-13/h3-9H2,1-2H3. The van der Waals surface area contributed by atoms with Crippen LogP contribution in [0.2, 0.25) is 0 Å². The highest BCUT2D eigenvalue weighted by molar-refractivity contribution is 5.76. The maximum atomic E-state index is 12.1. The summed E-state index contributed by atoms with van der Waals surface area (Å²) < 4.78 is 9.75. The normalized spacial score (nSPS) is 15.5. The van der Waals surface area contributed by atoms with Gasteiger partial charge in [-0.15, -0.1) is 0 Å². The van der Waals surface area contributed by atoms with Crippen LogP contribution in [0, 0.1) is 0 Å². The van der Waals surface area contributed by atoms with Crippen molar-refractivity contribution in [3.05, 3.63) is 0 Å². The Bertz CT molecular complexity index is 264. The Kier molecular flexibility index (Phi) is 5.76. The number of rotatable bonds is 4. The molecule has 0 radical (unpaired) electrons. The van der Waals surface area contributed by atoms with Crippen LogP contribution in [0.3, 0.4) is 0 Å². The number of carbonyl (C=O) groups is 2. The second-order valence-corrected chi connectivity index (χ2v) is 3.79. The number of hydrogen-bond acceptors (Lipinski definition) is 4. The van der Waals surface area contributed by atoms with Crippen molar-refractivity contribution in [2.75, 3.05) is 46.5 Å². The topological polar surface area (TPSA) is 59.1 Å². The van der Waals surface area contributed by atoms with Crippen LogP contribution in [0.5, 0.6) is 0 Å². The zero-order chi connectivity index (χ0) is 12.7. The second-order valence-electron chi connectivity index (χ2n) is 3.79. The van der Waals surface area contributed by atoms with Gasteiger partial charge in [0.15, 0.2) is 0 Å². The monoisotopic (exact) mass is 244 g/mol. The van der Waals surface area contributed by atoms with Gasteiger partial charge in [-0.1, -0.05) is 0 Å². The number of urea groups is 1. The summed E-state index contributed by atoms with van der Waals surface area (Å²) in [5, 5.41) is 0. The van der Waals surface area contributed by atoms with Crippen LogP contribution >= 0.6 is 0 Å². The molecule has 0 N–H and O–H groups in total. The Balaban J connectivity index is 2.42. The number of esters is 1. The van der Waals surface area contributed by atoms with E-state index in [9.17, 15) is 9.59 Å². The molecule has 0 unspecified atom stereocenters. The van der Waals surface area contributed by atoms with Crippen molar-refractivity contribution >= 4 is 12.0 Å². The number of ether oxygens (including phenoxy) is 2. The van der Waals surface area contributed by atoms with Gasteiger partial charge < -0.3 is 19.3 Å². The van der Waals surface area contributed by atoms with E-state index in [0.29, 0.717) is 39.4 Å². The lowest BCUT2D eigenvalue weighted by Gasteiger charge is -2.32. The molecule has 6 nitrogen and oxygen atoms in total. The van der Waals surface area contributed by atoms with E-state index >= 15 is 0 Å². The molecule has 1 heterocycles. The second kappa shape index (κ2) is 7.11. The fourth-order valence-corrected chi connectivity index (χ4v) is 1.67. The summed E-state index contributed by atoms with van der Waals surface area (Å²) in [6.45, 7) is 5.30. The van der Waals surface area contributed by atoms with E-state index < -0.39 is 0 Å². The molecule has 0 spiro atoms. The molecule has 6 heteroatoms. The summed E-state index contributed by atoms with van der Waals surface area (Å²) in [4.78, 5) is 26.5. The minimum Gasteiger partial charge on any atom is -0.469 e. The molecule has 0 aromatic rings. The highest BCUT2D eigenvalue weighted by Crippen LogP contribution is 2.04. The van der Waals surface area contributed by atoms with E-state index in [2.05, 4.69) is 4.74 Å². The van der Waals surface area contributed by atoms with Crippen LogP contribution in [0.25, 0.3) is 0 Å². The van der Waals surface area contributed by atoms with E-state index in [0.717, 1.165) is 0 Å². The summed E-state index contributed by atoms with van der Waals surface area (Å²) in [5.74, 6) is -0.293. The quantitative estimate of drug-likeness (QED) is 0.668. The Hall–Kier alpha value is -1.30. The Morgan fingerprint density at radius 1 is 1.35 bits per heavy atom. The third kappa shape index (κ3) is 4.22. The molecule has 0 atom stereocenters. The maximum Gasteiger partial charge on any atom is 0.320 e. The minimum absolute atomic E-state index is 0.0281. The van der Waals surface area contributed by atoms with Gasteiger partial charge >= 0.3 is 12.0 Å². The lowest BCUT2D eigenvalue weighted by atomic mass is 10.3. The van der Waals surface area contributed by atoms with Crippen molar-refractivity contribution in [3.8, 4) is 0 Å². The average molecular weight is 244 g/mol.